The summed E-state index contributed by atoms with van der Waals surface area (Å²) in [6.07, 6.45) is 0.154. The Morgan fingerprint density at radius 1 is 0.841 bits per heavy atom. The zero-order valence-electron chi connectivity index (χ0n) is 33.6. The minimum Gasteiger partial charge on any atom is -0.456 e. The molecule has 0 unspecified atom stereocenters. The number of anilines is 2. The maximum absolute atomic E-state index is 14.7. The third-order valence-corrected chi connectivity index (χ3v) is 14.5. The Morgan fingerprint density at radius 3 is 2.17 bits per heavy atom. The fraction of sp³-hybridized carbons (Fsp3) is 0.209. The number of hydrogen-bond donors (Lipinski definition) is 2. The highest BCUT2D eigenvalue weighted by Crippen LogP contribution is 2.44. The van der Waals surface area contributed by atoms with E-state index in [1.165, 1.54) is 22.5 Å². The van der Waals surface area contributed by atoms with Crippen LogP contribution in [0.5, 0.6) is 0 Å². The highest BCUT2D eigenvalue weighted by atomic mass is 32.2. The first kappa shape index (κ1) is 43.7. The zero-order valence-corrected chi connectivity index (χ0v) is 36.1. The van der Waals surface area contributed by atoms with Gasteiger partial charge in [-0.25, -0.2) is 18.5 Å². The monoisotopic (exact) mass is 915 g/mol. The van der Waals surface area contributed by atoms with E-state index in [1.54, 1.807) is 60.2 Å². The number of sulfonamides is 1. The van der Waals surface area contributed by atoms with Crippen LogP contribution in [0.15, 0.2) is 128 Å². The minimum absolute atomic E-state index is 0.0115. The van der Waals surface area contributed by atoms with E-state index >= 15 is 0 Å². The lowest BCUT2D eigenvalue weighted by molar-refractivity contribution is -0.432. The van der Waals surface area contributed by atoms with Gasteiger partial charge in [0, 0.05) is 95.6 Å². The predicted octanol–water partition coefficient (Wildman–Crippen LogP) is 6.39. The standard InChI is InChI=1S/C43H38N4O13S3/c1-44(28-7-13-32(14-8-28)61-60-59-51)30-11-17-34-37(25-30)57-38-26-31(45(2)29-9-15-33(16-10-29)63(54,55)56)12-18-35(38)42(34)36-5-3-4-6-39(36)62(52,53)46-23-21-27(22-24-46)43(50)58-47-40(48)19-20-41(47)49/h3-18,25-27H,19-24H2,1-2H3,(H-,51,54,55,56)/p+1. The van der Waals surface area contributed by atoms with Crippen molar-refractivity contribution in [2.24, 2.45) is 5.92 Å². The molecule has 3 aliphatic heterocycles. The summed E-state index contributed by atoms with van der Waals surface area (Å²) >= 11 is 0.831. The Morgan fingerprint density at radius 2 is 1.51 bits per heavy atom. The molecular weight excluding hydrogens is 877 g/mol. The van der Waals surface area contributed by atoms with E-state index in [0.717, 1.165) is 23.4 Å². The summed E-state index contributed by atoms with van der Waals surface area (Å²) in [5, 5.41) is 14.0. The minimum atomic E-state index is -4.40. The molecule has 20 heteroatoms. The van der Waals surface area contributed by atoms with E-state index in [4.69, 9.17) is 14.5 Å². The first-order valence-corrected chi connectivity index (χ1v) is 23.1. The Kier molecular flexibility index (Phi) is 12.2. The number of benzene rings is 5. The van der Waals surface area contributed by atoms with Crippen LogP contribution in [0, 0.1) is 5.92 Å². The second-order valence-electron chi connectivity index (χ2n) is 14.8. The summed E-state index contributed by atoms with van der Waals surface area (Å²) in [4.78, 5) is 44.5. The SMILES string of the molecule is CN(c1ccc(SOOO)cc1)c1ccc2c(-c3ccccc3S(=O)(=O)N3CCC(C(=O)ON4C(=O)CCC4=O)CC3)c3cc/c(=[N+](/C)c4ccc(S(=O)(=O)O)cc4)cc-3oc2c1. The Bertz CT molecular complexity index is 3010. The molecule has 0 saturated carbocycles. The Labute approximate surface area is 365 Å². The average Bonchev–Trinajstić information content (AvgIpc) is 3.61. The molecule has 0 aromatic heterocycles. The molecule has 8 rings (SSSR count). The third-order valence-electron chi connectivity index (χ3n) is 11.1. The number of fused-ring (bicyclic) bond motifs is 2. The van der Waals surface area contributed by atoms with Crippen LogP contribution in [-0.2, 0) is 48.7 Å². The Balaban J connectivity index is 1.20. The fourth-order valence-electron chi connectivity index (χ4n) is 7.69. The lowest BCUT2D eigenvalue weighted by Crippen LogP contribution is -2.42. The fourth-order valence-corrected chi connectivity index (χ4v) is 10.2. The van der Waals surface area contributed by atoms with E-state index in [0.29, 0.717) is 54.4 Å². The van der Waals surface area contributed by atoms with Crippen LogP contribution in [0.3, 0.4) is 0 Å². The molecule has 63 heavy (non-hydrogen) atoms. The molecule has 0 bridgehead atoms. The lowest BCUT2D eigenvalue weighted by Gasteiger charge is -2.31. The van der Waals surface area contributed by atoms with Gasteiger partial charge in [0.05, 0.1) is 33.8 Å². The van der Waals surface area contributed by atoms with Gasteiger partial charge in [0.25, 0.3) is 21.9 Å². The zero-order chi connectivity index (χ0) is 44.6. The summed E-state index contributed by atoms with van der Waals surface area (Å²) in [5.41, 5.74) is 4.16. The molecule has 1 aliphatic carbocycles. The van der Waals surface area contributed by atoms with Gasteiger partial charge < -0.3 is 14.2 Å². The maximum atomic E-state index is 14.7. The molecule has 4 aromatic rings. The van der Waals surface area contributed by atoms with Crippen molar-refractivity contribution in [2.75, 3.05) is 32.1 Å². The van der Waals surface area contributed by atoms with Gasteiger partial charge >= 0.3 is 5.97 Å². The van der Waals surface area contributed by atoms with Crippen molar-refractivity contribution in [3.05, 3.63) is 115 Å². The van der Waals surface area contributed by atoms with E-state index in [9.17, 15) is 35.8 Å². The van der Waals surface area contributed by atoms with Crippen molar-refractivity contribution in [3.8, 4) is 22.5 Å². The first-order chi connectivity index (χ1) is 30.1. The summed E-state index contributed by atoms with van der Waals surface area (Å²) in [5.74, 6) is -2.25. The lowest BCUT2D eigenvalue weighted by atomic mass is 9.93. The summed E-state index contributed by atoms with van der Waals surface area (Å²) < 4.78 is 76.5. The maximum Gasteiger partial charge on any atom is 0.336 e. The van der Waals surface area contributed by atoms with Crippen LogP contribution < -0.4 is 14.8 Å². The van der Waals surface area contributed by atoms with Crippen LogP contribution in [0.1, 0.15) is 25.7 Å². The summed E-state index contributed by atoms with van der Waals surface area (Å²) in [6, 6.07) is 30.7. The van der Waals surface area contributed by atoms with Crippen molar-refractivity contribution >= 4 is 78.0 Å². The summed E-state index contributed by atoms with van der Waals surface area (Å²) in [7, 11) is -4.93. The van der Waals surface area contributed by atoms with Crippen LogP contribution in [0.25, 0.3) is 33.4 Å². The molecule has 326 valence electrons. The molecule has 2 fully saturated rings. The second-order valence-corrected chi connectivity index (χ2v) is 18.9. The van der Waals surface area contributed by atoms with Gasteiger partial charge in [-0.1, -0.05) is 23.2 Å². The van der Waals surface area contributed by atoms with Gasteiger partial charge in [-0.15, -0.1) is 9.40 Å². The van der Waals surface area contributed by atoms with E-state index < -0.39 is 43.8 Å². The first-order valence-electron chi connectivity index (χ1n) is 19.4. The molecule has 2 saturated heterocycles. The van der Waals surface area contributed by atoms with Crippen molar-refractivity contribution < 1.29 is 59.7 Å². The van der Waals surface area contributed by atoms with Crippen molar-refractivity contribution in [1.29, 1.82) is 0 Å². The van der Waals surface area contributed by atoms with Crippen molar-refractivity contribution in [3.63, 3.8) is 0 Å². The van der Waals surface area contributed by atoms with Gasteiger partial charge in [-0.2, -0.15) is 17.3 Å². The number of piperidine rings is 1. The highest BCUT2D eigenvalue weighted by Gasteiger charge is 2.38. The number of hydroxylamine groups is 2. The number of nitrogens with zero attached hydrogens (tertiary/aromatic N) is 4. The largest absolute Gasteiger partial charge is 0.456 e. The topological polar surface area (TPSA) is 214 Å². The number of rotatable bonds is 12. The molecule has 2 amide bonds. The quantitative estimate of drug-likeness (QED) is 0.0259. The van der Waals surface area contributed by atoms with Crippen molar-refractivity contribution in [2.45, 2.75) is 40.4 Å². The van der Waals surface area contributed by atoms with Gasteiger partial charge in [0.1, 0.15) is 18.4 Å². The van der Waals surface area contributed by atoms with Gasteiger partial charge in [0.15, 0.2) is 0 Å². The molecule has 3 heterocycles. The molecule has 17 nitrogen and oxygen atoms in total. The van der Waals surface area contributed by atoms with Crippen LogP contribution in [0.2, 0.25) is 0 Å². The molecule has 2 N–H and O–H groups in total. The van der Waals surface area contributed by atoms with Crippen LogP contribution in [-0.4, -0.2) is 81.0 Å². The van der Waals surface area contributed by atoms with Crippen molar-refractivity contribution in [1.82, 2.24) is 13.9 Å². The number of carbonyl (C=O) groups is 3. The molecule has 4 aliphatic rings. The van der Waals surface area contributed by atoms with E-state index in [1.807, 2.05) is 54.4 Å². The van der Waals surface area contributed by atoms with Crippen LogP contribution >= 0.6 is 12.0 Å². The second kappa shape index (κ2) is 17.7. The number of hydrogen-bond acceptors (Lipinski definition) is 14. The number of imide groups is 1. The third kappa shape index (κ3) is 8.84. The molecule has 0 radical (unpaired) electrons. The number of amides is 2. The molecular formula is C43H39N4O13S3+. The molecule has 0 atom stereocenters. The van der Waals surface area contributed by atoms with E-state index in [2.05, 4.69) is 9.37 Å². The van der Waals surface area contributed by atoms with Gasteiger partial charge in [-0.3, -0.25) is 14.1 Å². The predicted molar refractivity (Wildman–Crippen MR) is 229 cm³/mol. The summed E-state index contributed by atoms with van der Waals surface area (Å²) in [6.45, 7) is -0.0229. The average molecular weight is 916 g/mol. The molecule has 0 spiro atoms. The smallest absolute Gasteiger partial charge is 0.336 e. The van der Waals surface area contributed by atoms with Crippen LogP contribution in [0.4, 0.5) is 17.1 Å². The normalized spacial score (nSPS) is 15.9. The highest BCUT2D eigenvalue weighted by molar-refractivity contribution is 7.94. The number of carbonyl (C=O) groups excluding carboxylic acids is 3. The van der Waals surface area contributed by atoms with Gasteiger partial charge in [-0.05, 0) is 73.5 Å². The van der Waals surface area contributed by atoms with E-state index in [-0.39, 0.29) is 48.6 Å². The molecule has 4 aromatic carbocycles. The Hall–Kier alpha value is -5.97. The van der Waals surface area contributed by atoms with Gasteiger partial charge in [0.2, 0.25) is 21.1 Å².